The molecule has 2 aromatic carbocycles. The van der Waals surface area contributed by atoms with Gasteiger partial charge in [-0.3, -0.25) is 0 Å². The lowest BCUT2D eigenvalue weighted by Crippen LogP contribution is -2.14. The molecule has 0 fully saturated rings. The van der Waals surface area contributed by atoms with Gasteiger partial charge in [-0.2, -0.15) is 0 Å². The van der Waals surface area contributed by atoms with E-state index in [9.17, 15) is 0 Å². The van der Waals surface area contributed by atoms with E-state index in [4.69, 9.17) is 0 Å². The maximum atomic E-state index is 2.25. The predicted octanol–water partition coefficient (Wildman–Crippen LogP) is 3.00. The zero-order valence-corrected chi connectivity index (χ0v) is 10.4. The van der Waals surface area contributed by atoms with Gasteiger partial charge < -0.3 is 0 Å². The Kier molecular flexibility index (Phi) is 3.73. The molecule has 0 heterocycles. The molecule has 2 radical (unpaired) electrons. The molecule has 0 saturated carbocycles. The first-order valence-electron chi connectivity index (χ1n) is 5.40. The third-order valence-corrected chi connectivity index (χ3v) is 3.66. The fourth-order valence-corrected chi connectivity index (χ4v) is 2.49. The van der Waals surface area contributed by atoms with Crippen molar-refractivity contribution in [2.24, 2.45) is 0 Å². The fourth-order valence-electron chi connectivity index (χ4n) is 1.53. The molecule has 0 N–H and O–H groups in total. The van der Waals surface area contributed by atoms with Gasteiger partial charge in [0.2, 0.25) is 0 Å². The molecule has 0 saturated heterocycles. The first-order chi connectivity index (χ1) is 7.86. The Hall–Kier alpha value is -1.60. The molecule has 0 atom stereocenters. The number of benzene rings is 2. The summed E-state index contributed by atoms with van der Waals surface area (Å²) < 4.78 is 0. The maximum Gasteiger partial charge on any atom is 0.112 e. The van der Waals surface area contributed by atoms with Gasteiger partial charge >= 0.3 is 0 Å². The van der Waals surface area contributed by atoms with Gasteiger partial charge in [-0.15, -0.1) is 0 Å². The summed E-state index contributed by atoms with van der Waals surface area (Å²) in [5.74, 6) is 0. The van der Waals surface area contributed by atoms with Gasteiger partial charge in [0.15, 0.2) is 0 Å². The number of rotatable bonds is 3. The third kappa shape index (κ3) is 2.94. The van der Waals surface area contributed by atoms with Gasteiger partial charge in [0, 0.05) is 0 Å². The van der Waals surface area contributed by atoms with Crippen LogP contribution in [0.3, 0.4) is 0 Å². The van der Waals surface area contributed by atoms with Gasteiger partial charge in [0.1, 0.15) is 9.52 Å². The topological polar surface area (TPSA) is 0 Å². The van der Waals surface area contributed by atoms with Crippen molar-refractivity contribution in [3.05, 3.63) is 71.4 Å². The Morgan fingerprint density at radius 1 is 0.875 bits per heavy atom. The highest BCUT2D eigenvalue weighted by Crippen LogP contribution is 2.00. The maximum absolute atomic E-state index is 2.25. The van der Waals surface area contributed by atoms with E-state index in [-0.39, 0.29) is 0 Å². The van der Waals surface area contributed by atoms with Crippen LogP contribution in [0.15, 0.2) is 60.3 Å². The van der Waals surface area contributed by atoms with E-state index in [1.54, 1.807) is 0 Å². The first kappa shape index (κ1) is 10.9. The molecular weight excluding hydrogens is 208 g/mol. The Morgan fingerprint density at radius 2 is 1.56 bits per heavy atom. The smallest absolute Gasteiger partial charge is 0.0927 e. The number of hydrogen-bond donors (Lipinski definition) is 0. The van der Waals surface area contributed by atoms with E-state index in [2.05, 4.69) is 67.2 Å². The average molecular weight is 222 g/mol. The summed E-state index contributed by atoms with van der Waals surface area (Å²) in [6.45, 7) is 2.17. The highest BCUT2D eigenvalue weighted by atomic mass is 28.2. The van der Waals surface area contributed by atoms with Crippen LogP contribution >= 0.6 is 0 Å². The van der Waals surface area contributed by atoms with Crippen molar-refractivity contribution in [3.8, 4) is 0 Å². The molecule has 16 heavy (non-hydrogen) atoms. The summed E-state index contributed by atoms with van der Waals surface area (Å²) >= 11 is 0. The SMILES string of the molecule is Cc1ccccc1[Si]C=Cc1ccccc1. The predicted molar refractivity (Wildman–Crippen MR) is 72.0 cm³/mol. The van der Waals surface area contributed by atoms with E-state index in [0.717, 1.165) is 9.52 Å². The molecule has 0 aliphatic rings. The zero-order valence-electron chi connectivity index (χ0n) is 9.35. The summed E-state index contributed by atoms with van der Waals surface area (Å²) in [7, 11) is 0.748. The minimum absolute atomic E-state index is 0.748. The lowest BCUT2D eigenvalue weighted by atomic mass is 10.2. The highest BCUT2D eigenvalue weighted by Gasteiger charge is 1.94. The van der Waals surface area contributed by atoms with Crippen molar-refractivity contribution in [3.63, 3.8) is 0 Å². The van der Waals surface area contributed by atoms with Crippen LogP contribution < -0.4 is 5.19 Å². The van der Waals surface area contributed by atoms with E-state index in [1.807, 2.05) is 6.07 Å². The van der Waals surface area contributed by atoms with Crippen molar-refractivity contribution in [1.82, 2.24) is 0 Å². The fraction of sp³-hybridized carbons (Fsp3) is 0.0667. The lowest BCUT2D eigenvalue weighted by molar-refractivity contribution is 1.52. The molecule has 0 aliphatic heterocycles. The average Bonchev–Trinajstić information content (AvgIpc) is 2.33. The Balaban J connectivity index is 2.03. The van der Waals surface area contributed by atoms with Crippen LogP contribution in [0, 0.1) is 6.92 Å². The molecule has 2 rings (SSSR count). The standard InChI is InChI=1S/C15H14Si/c1-13-7-5-6-10-15(13)16-12-11-14-8-3-2-4-9-14/h2-12H,1H3. The minimum atomic E-state index is 0.748. The van der Waals surface area contributed by atoms with Crippen molar-refractivity contribution < 1.29 is 0 Å². The Labute approximate surface area is 99.5 Å². The van der Waals surface area contributed by atoms with Gasteiger partial charge in [-0.1, -0.05) is 77.1 Å². The van der Waals surface area contributed by atoms with Crippen molar-refractivity contribution >= 4 is 20.8 Å². The van der Waals surface area contributed by atoms with Crippen molar-refractivity contribution in [2.45, 2.75) is 6.92 Å². The second-order valence-corrected chi connectivity index (χ2v) is 4.86. The summed E-state index contributed by atoms with van der Waals surface area (Å²) in [5.41, 5.74) is 4.89. The molecule has 0 amide bonds. The van der Waals surface area contributed by atoms with Crippen LogP contribution in [-0.2, 0) is 0 Å². The van der Waals surface area contributed by atoms with Crippen LogP contribution in [0.1, 0.15) is 11.1 Å². The molecule has 2 aromatic rings. The van der Waals surface area contributed by atoms with Gasteiger partial charge in [-0.25, -0.2) is 0 Å². The van der Waals surface area contributed by atoms with Gasteiger partial charge in [0.25, 0.3) is 0 Å². The third-order valence-electron chi connectivity index (χ3n) is 2.46. The first-order valence-corrected chi connectivity index (χ1v) is 6.48. The van der Waals surface area contributed by atoms with Crippen molar-refractivity contribution in [1.29, 1.82) is 0 Å². The molecule has 78 valence electrons. The Morgan fingerprint density at radius 3 is 2.31 bits per heavy atom. The van der Waals surface area contributed by atoms with E-state index >= 15 is 0 Å². The summed E-state index contributed by atoms with van der Waals surface area (Å²) in [6, 6.07) is 19.0. The second kappa shape index (κ2) is 5.47. The van der Waals surface area contributed by atoms with Crippen molar-refractivity contribution in [2.75, 3.05) is 0 Å². The molecule has 0 aliphatic carbocycles. The second-order valence-electron chi connectivity index (χ2n) is 3.70. The van der Waals surface area contributed by atoms with Crippen LogP contribution in [0.2, 0.25) is 0 Å². The van der Waals surface area contributed by atoms with E-state index in [1.165, 1.54) is 16.3 Å². The molecule has 0 spiro atoms. The minimum Gasteiger partial charge on any atom is -0.0927 e. The van der Waals surface area contributed by atoms with Gasteiger partial charge in [-0.05, 0) is 12.5 Å². The molecule has 0 aromatic heterocycles. The number of aryl methyl sites for hydroxylation is 1. The zero-order chi connectivity index (χ0) is 11.2. The monoisotopic (exact) mass is 222 g/mol. The number of hydrogen-bond acceptors (Lipinski definition) is 0. The molecule has 0 bridgehead atoms. The normalized spacial score (nSPS) is 10.8. The summed E-state index contributed by atoms with van der Waals surface area (Å²) in [5, 5.41) is 1.43. The van der Waals surface area contributed by atoms with Crippen LogP contribution in [0.25, 0.3) is 6.08 Å². The molecule has 1 heteroatoms. The van der Waals surface area contributed by atoms with E-state index in [0.29, 0.717) is 0 Å². The molecular formula is C15H14Si. The molecule has 0 nitrogen and oxygen atoms in total. The lowest BCUT2D eigenvalue weighted by Gasteiger charge is -1.99. The molecule has 0 unspecified atom stereocenters. The largest absolute Gasteiger partial charge is 0.112 e. The van der Waals surface area contributed by atoms with E-state index < -0.39 is 0 Å². The van der Waals surface area contributed by atoms with Gasteiger partial charge in [0.05, 0.1) is 0 Å². The van der Waals surface area contributed by atoms with Crippen LogP contribution in [-0.4, -0.2) is 9.52 Å². The van der Waals surface area contributed by atoms with Crippen LogP contribution in [0.5, 0.6) is 0 Å². The summed E-state index contributed by atoms with van der Waals surface area (Å²) in [4.78, 5) is 0. The quantitative estimate of drug-likeness (QED) is 0.700. The Bertz CT molecular complexity index is 472. The van der Waals surface area contributed by atoms with Crippen LogP contribution in [0.4, 0.5) is 0 Å². The highest BCUT2D eigenvalue weighted by molar-refractivity contribution is 6.59. The summed E-state index contributed by atoms with van der Waals surface area (Å²) in [6.07, 6.45) is 2.19.